The molecule has 1 aromatic rings. The molecule has 0 fully saturated rings. The first-order valence-electron chi connectivity index (χ1n) is 6.50. The Morgan fingerprint density at radius 3 is 2.32 bits per heavy atom. The smallest absolute Gasteiger partial charge is 0.137 e. The number of hydrogen-bond donors (Lipinski definition) is 1. The number of aldehydes is 1. The monoisotopic (exact) mass is 267 g/mol. The van der Waals surface area contributed by atoms with Crippen LogP contribution in [0.1, 0.15) is 25.3 Å². The average Bonchev–Trinajstić information content (AvgIpc) is 2.42. The average molecular weight is 267 g/mol. The van der Waals surface area contributed by atoms with Crippen LogP contribution in [-0.4, -0.2) is 33.2 Å². The minimum Gasteiger partial charge on any atom is -0.494 e. The second kappa shape index (κ2) is 11.7. The zero-order chi connectivity index (χ0) is 14.5. The molecule has 1 unspecified atom stereocenters. The number of nitrogens with two attached hydrogens (primary N) is 1. The molecule has 0 radical (unpaired) electrons. The highest BCUT2D eigenvalue weighted by atomic mass is 16.5. The predicted molar refractivity (Wildman–Crippen MR) is 77.5 cm³/mol. The van der Waals surface area contributed by atoms with Gasteiger partial charge in [0.05, 0.1) is 12.6 Å². The number of ether oxygens (including phenoxy) is 2. The van der Waals surface area contributed by atoms with Crippen molar-refractivity contribution in [2.75, 3.05) is 20.8 Å². The molecule has 0 saturated carbocycles. The summed E-state index contributed by atoms with van der Waals surface area (Å²) in [6, 6.07) is 7.33. The quantitative estimate of drug-likeness (QED) is 0.607. The summed E-state index contributed by atoms with van der Waals surface area (Å²) in [5, 5.41) is 0. The van der Waals surface area contributed by atoms with Gasteiger partial charge in [0.15, 0.2) is 0 Å². The number of rotatable bonds is 7. The third kappa shape index (κ3) is 9.22. The van der Waals surface area contributed by atoms with Gasteiger partial charge in [-0.25, -0.2) is 0 Å². The maximum atomic E-state index is 10.4. The van der Waals surface area contributed by atoms with Gasteiger partial charge in [0.2, 0.25) is 0 Å². The lowest BCUT2D eigenvalue weighted by molar-refractivity contribution is -0.108. The van der Waals surface area contributed by atoms with Crippen molar-refractivity contribution in [2.24, 2.45) is 5.73 Å². The lowest BCUT2D eigenvalue weighted by Gasteiger charge is -2.07. The SMILES string of the molecule is CCCCOc1ccc(CC(N)C=O)cc1.COC. The fraction of sp³-hybridized carbons (Fsp3) is 0.533. The van der Waals surface area contributed by atoms with E-state index in [0.29, 0.717) is 6.42 Å². The van der Waals surface area contributed by atoms with E-state index in [2.05, 4.69) is 11.7 Å². The van der Waals surface area contributed by atoms with Crippen molar-refractivity contribution in [3.05, 3.63) is 29.8 Å². The van der Waals surface area contributed by atoms with Gasteiger partial charge >= 0.3 is 0 Å². The third-order valence-electron chi connectivity index (χ3n) is 2.34. The summed E-state index contributed by atoms with van der Waals surface area (Å²) in [5.41, 5.74) is 6.60. The maximum Gasteiger partial charge on any atom is 0.137 e. The van der Waals surface area contributed by atoms with Gasteiger partial charge in [-0.3, -0.25) is 0 Å². The number of benzene rings is 1. The minimum atomic E-state index is -0.410. The molecule has 1 atom stereocenters. The molecule has 0 bridgehead atoms. The molecular weight excluding hydrogens is 242 g/mol. The Balaban J connectivity index is 0.000000982. The van der Waals surface area contributed by atoms with E-state index in [0.717, 1.165) is 37.0 Å². The van der Waals surface area contributed by atoms with Crippen molar-refractivity contribution in [3.8, 4) is 5.75 Å². The van der Waals surface area contributed by atoms with Crippen LogP contribution in [0.3, 0.4) is 0 Å². The van der Waals surface area contributed by atoms with Crippen molar-refractivity contribution in [1.29, 1.82) is 0 Å². The molecule has 0 aliphatic heterocycles. The number of hydrogen-bond acceptors (Lipinski definition) is 4. The molecule has 0 saturated heterocycles. The van der Waals surface area contributed by atoms with Gasteiger partial charge in [-0.15, -0.1) is 0 Å². The first-order valence-corrected chi connectivity index (χ1v) is 6.50. The van der Waals surface area contributed by atoms with Crippen LogP contribution in [0.4, 0.5) is 0 Å². The predicted octanol–water partition coefficient (Wildman–Crippen LogP) is 2.20. The molecule has 19 heavy (non-hydrogen) atoms. The van der Waals surface area contributed by atoms with E-state index in [-0.39, 0.29) is 0 Å². The summed E-state index contributed by atoms with van der Waals surface area (Å²) in [5.74, 6) is 0.872. The molecule has 0 heterocycles. The highest BCUT2D eigenvalue weighted by Crippen LogP contribution is 2.13. The molecule has 0 aliphatic rings. The molecule has 0 spiro atoms. The molecule has 0 aromatic heterocycles. The molecule has 0 aliphatic carbocycles. The summed E-state index contributed by atoms with van der Waals surface area (Å²) in [6.45, 7) is 2.89. The van der Waals surface area contributed by atoms with Gasteiger partial charge in [-0.1, -0.05) is 25.5 Å². The molecule has 1 rings (SSSR count). The Bertz CT molecular complexity index is 325. The number of unbranched alkanes of at least 4 members (excludes halogenated alkanes) is 1. The van der Waals surface area contributed by atoms with Gasteiger partial charge < -0.3 is 20.0 Å². The Morgan fingerprint density at radius 1 is 1.26 bits per heavy atom. The van der Waals surface area contributed by atoms with Crippen LogP contribution in [0.15, 0.2) is 24.3 Å². The molecule has 1 aromatic carbocycles. The molecule has 2 N–H and O–H groups in total. The minimum absolute atomic E-state index is 0.410. The van der Waals surface area contributed by atoms with Gasteiger partial charge in [-0.2, -0.15) is 0 Å². The van der Waals surface area contributed by atoms with Gasteiger partial charge in [0.1, 0.15) is 12.0 Å². The summed E-state index contributed by atoms with van der Waals surface area (Å²) >= 11 is 0. The second-order valence-electron chi connectivity index (χ2n) is 4.26. The summed E-state index contributed by atoms with van der Waals surface area (Å²) in [6.07, 6.45) is 3.55. The standard InChI is InChI=1S/C13H19NO2.C2H6O/c1-2-3-8-16-13-6-4-11(5-7-13)9-12(14)10-15;1-3-2/h4-7,10,12H,2-3,8-9,14H2,1H3;1-2H3. The number of methoxy groups -OCH3 is 1. The summed E-state index contributed by atoms with van der Waals surface area (Å²) in [7, 11) is 3.25. The van der Waals surface area contributed by atoms with Crippen molar-refractivity contribution in [1.82, 2.24) is 0 Å². The van der Waals surface area contributed by atoms with Gasteiger partial charge in [0, 0.05) is 14.2 Å². The first kappa shape index (κ1) is 17.6. The van der Waals surface area contributed by atoms with Crippen LogP contribution >= 0.6 is 0 Å². The number of carbonyl (C=O) groups excluding carboxylic acids is 1. The van der Waals surface area contributed by atoms with E-state index >= 15 is 0 Å². The Morgan fingerprint density at radius 2 is 1.84 bits per heavy atom. The van der Waals surface area contributed by atoms with Crippen molar-refractivity contribution >= 4 is 6.29 Å². The van der Waals surface area contributed by atoms with Crippen LogP contribution in [0, 0.1) is 0 Å². The van der Waals surface area contributed by atoms with Crippen LogP contribution in [-0.2, 0) is 16.0 Å². The van der Waals surface area contributed by atoms with E-state index in [4.69, 9.17) is 10.5 Å². The van der Waals surface area contributed by atoms with E-state index < -0.39 is 6.04 Å². The van der Waals surface area contributed by atoms with Gasteiger partial charge in [-0.05, 0) is 30.5 Å². The lowest BCUT2D eigenvalue weighted by Crippen LogP contribution is -2.23. The van der Waals surface area contributed by atoms with Crippen LogP contribution in [0.25, 0.3) is 0 Å². The molecular formula is C15H25NO3. The summed E-state index contributed by atoms with van der Waals surface area (Å²) < 4.78 is 9.78. The maximum absolute atomic E-state index is 10.4. The fourth-order valence-electron chi connectivity index (χ4n) is 1.38. The zero-order valence-corrected chi connectivity index (χ0v) is 12.1. The molecule has 4 heteroatoms. The Labute approximate surface area is 115 Å². The Hall–Kier alpha value is -1.39. The Kier molecular flexibility index (Phi) is 10.8. The summed E-state index contributed by atoms with van der Waals surface area (Å²) in [4.78, 5) is 10.4. The van der Waals surface area contributed by atoms with Crippen molar-refractivity contribution in [3.63, 3.8) is 0 Å². The van der Waals surface area contributed by atoms with Crippen molar-refractivity contribution in [2.45, 2.75) is 32.2 Å². The van der Waals surface area contributed by atoms with E-state index in [9.17, 15) is 4.79 Å². The van der Waals surface area contributed by atoms with E-state index in [1.165, 1.54) is 0 Å². The highest BCUT2D eigenvalue weighted by Gasteiger charge is 2.02. The second-order valence-corrected chi connectivity index (χ2v) is 4.26. The zero-order valence-electron chi connectivity index (χ0n) is 12.1. The lowest BCUT2D eigenvalue weighted by atomic mass is 10.1. The number of carbonyl (C=O) groups is 1. The van der Waals surface area contributed by atoms with Crippen LogP contribution < -0.4 is 10.5 Å². The molecule has 4 nitrogen and oxygen atoms in total. The highest BCUT2D eigenvalue weighted by molar-refractivity contribution is 5.57. The normalized spacial score (nSPS) is 11.2. The first-order chi connectivity index (χ1) is 9.17. The fourth-order valence-corrected chi connectivity index (χ4v) is 1.38. The van der Waals surface area contributed by atoms with Crippen LogP contribution in [0.5, 0.6) is 5.75 Å². The van der Waals surface area contributed by atoms with E-state index in [1.807, 2.05) is 24.3 Å². The van der Waals surface area contributed by atoms with Crippen LogP contribution in [0.2, 0.25) is 0 Å². The largest absolute Gasteiger partial charge is 0.494 e. The third-order valence-corrected chi connectivity index (χ3v) is 2.34. The van der Waals surface area contributed by atoms with E-state index in [1.54, 1.807) is 14.2 Å². The topological polar surface area (TPSA) is 61.5 Å². The van der Waals surface area contributed by atoms with Gasteiger partial charge in [0.25, 0.3) is 0 Å². The van der Waals surface area contributed by atoms with Crippen molar-refractivity contribution < 1.29 is 14.3 Å². The molecule has 108 valence electrons. The molecule has 0 amide bonds.